The molecule has 2 atom stereocenters. The number of hydrogen-bond donors (Lipinski definition) is 3. The van der Waals surface area contributed by atoms with Gasteiger partial charge in [-0.3, -0.25) is 14.9 Å². The van der Waals surface area contributed by atoms with Crippen LogP contribution in [0.15, 0.2) is 48.5 Å². The molecule has 2 unspecified atom stereocenters. The van der Waals surface area contributed by atoms with Crippen molar-refractivity contribution in [1.29, 1.82) is 0 Å². The van der Waals surface area contributed by atoms with Crippen LogP contribution in [0.3, 0.4) is 0 Å². The van der Waals surface area contributed by atoms with Crippen molar-refractivity contribution in [3.8, 4) is 0 Å². The van der Waals surface area contributed by atoms with Gasteiger partial charge in [-0.1, -0.05) is 24.3 Å². The number of hydrogen-bond acceptors (Lipinski definition) is 6. The summed E-state index contributed by atoms with van der Waals surface area (Å²) in [6.07, 6.45) is 5.06. The lowest BCUT2D eigenvalue weighted by molar-refractivity contribution is -0.384. The SMILES string of the molecule is O=C(NC(Cc1ccc([N+](=O)[O-])cc1)C(=O)NC(Cc1ccc(F)cc1)C(=O)O)OC12CC3CC(CC(C3)C1)C2. The number of rotatable bonds is 10. The fourth-order valence-corrected chi connectivity index (χ4v) is 7.05. The van der Waals surface area contributed by atoms with Crippen molar-refractivity contribution < 1.29 is 33.5 Å². The van der Waals surface area contributed by atoms with Crippen molar-refractivity contribution in [1.82, 2.24) is 10.6 Å². The van der Waals surface area contributed by atoms with Crippen LogP contribution in [0, 0.1) is 33.7 Å². The minimum Gasteiger partial charge on any atom is -0.480 e. The standard InChI is InChI=1S/C29H32FN3O7/c30-22-5-1-17(2-6-22)13-25(27(35)36)31-26(34)24(12-18-3-7-23(8-4-18)33(38)39)32-28(37)40-29-14-19-9-20(15-29)11-21(10-19)16-29/h1-8,19-21,24-25H,9-16H2,(H,31,34)(H,32,37)(H,35,36). The highest BCUT2D eigenvalue weighted by atomic mass is 19.1. The Morgan fingerprint density at radius 1 is 0.900 bits per heavy atom. The summed E-state index contributed by atoms with van der Waals surface area (Å²) in [4.78, 5) is 49.0. The molecule has 212 valence electrons. The van der Waals surface area contributed by atoms with Crippen LogP contribution < -0.4 is 10.6 Å². The van der Waals surface area contributed by atoms with Crippen molar-refractivity contribution in [2.75, 3.05) is 0 Å². The lowest BCUT2D eigenvalue weighted by Crippen LogP contribution is -2.56. The van der Waals surface area contributed by atoms with Gasteiger partial charge in [0, 0.05) is 25.0 Å². The monoisotopic (exact) mass is 553 g/mol. The predicted octanol–water partition coefficient (Wildman–Crippen LogP) is 4.15. The zero-order valence-corrected chi connectivity index (χ0v) is 21.9. The average Bonchev–Trinajstić information content (AvgIpc) is 2.88. The lowest BCUT2D eigenvalue weighted by Gasteiger charge is -2.55. The number of carboxylic acid groups (broad SMARTS) is 1. The van der Waals surface area contributed by atoms with Crippen LogP contribution in [0.4, 0.5) is 14.9 Å². The van der Waals surface area contributed by atoms with E-state index in [0.29, 0.717) is 28.9 Å². The first-order valence-electron chi connectivity index (χ1n) is 13.6. The molecule has 10 nitrogen and oxygen atoms in total. The molecule has 0 aromatic heterocycles. The first kappa shape index (κ1) is 27.5. The summed E-state index contributed by atoms with van der Waals surface area (Å²) in [6.45, 7) is 0. The molecule has 0 radical (unpaired) electrons. The number of amides is 2. The summed E-state index contributed by atoms with van der Waals surface area (Å²) in [5.74, 6) is -0.870. The highest BCUT2D eigenvalue weighted by molar-refractivity contribution is 5.89. The van der Waals surface area contributed by atoms with Crippen LogP contribution in [0.1, 0.15) is 49.7 Å². The first-order valence-corrected chi connectivity index (χ1v) is 13.6. The number of carbonyl (C=O) groups is 3. The fraction of sp³-hybridized carbons (Fsp3) is 0.483. The van der Waals surface area contributed by atoms with Gasteiger partial charge in [0.25, 0.3) is 5.69 Å². The van der Waals surface area contributed by atoms with Gasteiger partial charge in [-0.25, -0.2) is 14.0 Å². The molecule has 3 N–H and O–H groups in total. The number of ether oxygens (including phenoxy) is 1. The van der Waals surface area contributed by atoms with E-state index in [2.05, 4.69) is 10.6 Å². The molecule has 4 aliphatic rings. The second-order valence-electron chi connectivity index (χ2n) is 11.5. The van der Waals surface area contributed by atoms with Gasteiger partial charge >= 0.3 is 12.1 Å². The van der Waals surface area contributed by atoms with E-state index in [1.807, 2.05) is 0 Å². The lowest BCUT2D eigenvalue weighted by atomic mass is 9.54. The molecule has 0 saturated heterocycles. The molecular formula is C29H32FN3O7. The molecule has 2 amide bonds. The van der Waals surface area contributed by atoms with E-state index < -0.39 is 46.4 Å². The second-order valence-corrected chi connectivity index (χ2v) is 11.5. The Bertz CT molecular complexity index is 1250. The maximum absolute atomic E-state index is 13.4. The Morgan fingerprint density at radius 3 is 1.90 bits per heavy atom. The second kappa shape index (κ2) is 11.2. The van der Waals surface area contributed by atoms with Crippen LogP contribution >= 0.6 is 0 Å². The summed E-state index contributed by atoms with van der Waals surface area (Å²) < 4.78 is 19.3. The van der Waals surface area contributed by atoms with E-state index in [1.165, 1.54) is 67.8 Å². The van der Waals surface area contributed by atoms with E-state index in [4.69, 9.17) is 4.74 Å². The van der Waals surface area contributed by atoms with Gasteiger partial charge in [0.2, 0.25) is 5.91 Å². The number of halogens is 1. The zero-order valence-electron chi connectivity index (χ0n) is 21.9. The first-order chi connectivity index (χ1) is 19.1. The fourth-order valence-electron chi connectivity index (χ4n) is 7.05. The summed E-state index contributed by atoms with van der Waals surface area (Å²) in [5.41, 5.74) is 0.380. The number of alkyl carbamates (subject to hydrolysis) is 1. The number of nitrogens with one attached hydrogen (secondary N) is 2. The number of nitro benzene ring substituents is 1. The number of nitro groups is 1. The zero-order chi connectivity index (χ0) is 28.4. The van der Waals surface area contributed by atoms with Crippen molar-refractivity contribution in [2.45, 2.75) is 69.1 Å². The molecule has 0 aliphatic heterocycles. The van der Waals surface area contributed by atoms with E-state index in [0.717, 1.165) is 19.3 Å². The van der Waals surface area contributed by atoms with Crippen LogP contribution in [-0.2, 0) is 27.2 Å². The Kier molecular flexibility index (Phi) is 7.73. The van der Waals surface area contributed by atoms with Gasteiger partial charge in [0.05, 0.1) is 4.92 Å². The molecule has 4 saturated carbocycles. The Morgan fingerprint density at radius 2 is 1.40 bits per heavy atom. The molecule has 4 fully saturated rings. The van der Waals surface area contributed by atoms with E-state index >= 15 is 0 Å². The molecule has 11 heteroatoms. The summed E-state index contributed by atoms with van der Waals surface area (Å²) in [5, 5.41) is 25.9. The quantitative estimate of drug-likeness (QED) is 0.296. The number of aliphatic carboxylic acids is 1. The third-order valence-electron chi connectivity index (χ3n) is 8.45. The third-order valence-corrected chi connectivity index (χ3v) is 8.45. The minimum absolute atomic E-state index is 0.0390. The smallest absolute Gasteiger partial charge is 0.408 e. The predicted molar refractivity (Wildman–Crippen MR) is 141 cm³/mol. The largest absolute Gasteiger partial charge is 0.480 e. The normalized spacial score (nSPS) is 26.0. The number of carboxylic acids is 1. The van der Waals surface area contributed by atoms with Crippen molar-refractivity contribution >= 4 is 23.7 Å². The van der Waals surface area contributed by atoms with Gasteiger partial charge < -0.3 is 20.5 Å². The van der Waals surface area contributed by atoms with Gasteiger partial charge in [-0.05, 0) is 79.5 Å². The Labute approximate surface area is 230 Å². The van der Waals surface area contributed by atoms with Gasteiger partial charge in [-0.2, -0.15) is 0 Å². The average molecular weight is 554 g/mol. The Hall–Kier alpha value is -4.02. The molecule has 40 heavy (non-hydrogen) atoms. The van der Waals surface area contributed by atoms with Gasteiger partial charge in [0.1, 0.15) is 23.5 Å². The van der Waals surface area contributed by atoms with Crippen LogP contribution in [0.5, 0.6) is 0 Å². The van der Waals surface area contributed by atoms with E-state index in [1.54, 1.807) is 0 Å². The molecule has 0 heterocycles. The van der Waals surface area contributed by atoms with Crippen LogP contribution in [0.25, 0.3) is 0 Å². The maximum atomic E-state index is 13.4. The Balaban J connectivity index is 1.30. The van der Waals surface area contributed by atoms with Crippen molar-refractivity contribution in [3.63, 3.8) is 0 Å². The number of non-ortho nitro benzene ring substituents is 1. The molecule has 2 aromatic rings. The van der Waals surface area contributed by atoms with Crippen molar-refractivity contribution in [3.05, 3.63) is 75.6 Å². The molecule has 4 aliphatic carbocycles. The summed E-state index contributed by atoms with van der Waals surface area (Å²) in [7, 11) is 0. The maximum Gasteiger partial charge on any atom is 0.408 e. The molecule has 6 rings (SSSR count). The topological polar surface area (TPSA) is 148 Å². The minimum atomic E-state index is -1.33. The van der Waals surface area contributed by atoms with Crippen molar-refractivity contribution in [2.24, 2.45) is 17.8 Å². The van der Waals surface area contributed by atoms with Crippen LogP contribution in [-0.4, -0.2) is 45.7 Å². The van der Waals surface area contributed by atoms with Crippen LogP contribution in [0.2, 0.25) is 0 Å². The number of benzene rings is 2. The molecule has 4 bridgehead atoms. The molecule has 0 spiro atoms. The molecular weight excluding hydrogens is 521 g/mol. The molecule has 2 aromatic carbocycles. The summed E-state index contributed by atoms with van der Waals surface area (Å²) >= 11 is 0. The summed E-state index contributed by atoms with van der Waals surface area (Å²) in [6, 6.07) is 8.32. The highest BCUT2D eigenvalue weighted by Gasteiger charge is 2.53. The van der Waals surface area contributed by atoms with E-state index in [9.17, 15) is 34.0 Å². The van der Waals surface area contributed by atoms with E-state index in [-0.39, 0.29) is 18.5 Å². The third kappa shape index (κ3) is 6.40. The highest BCUT2D eigenvalue weighted by Crippen LogP contribution is 2.57. The van der Waals surface area contributed by atoms with Gasteiger partial charge in [-0.15, -0.1) is 0 Å². The van der Waals surface area contributed by atoms with Gasteiger partial charge in [0.15, 0.2) is 0 Å². The number of carbonyl (C=O) groups excluding carboxylic acids is 2. The number of nitrogens with zero attached hydrogens (tertiary/aromatic N) is 1.